The lowest BCUT2D eigenvalue weighted by atomic mass is 10.2. The number of rotatable bonds is 7. The Morgan fingerprint density at radius 1 is 0.941 bits per heavy atom. The number of pyridine rings is 1. The topological polar surface area (TPSA) is 42.9 Å². The number of hydrogen-bond acceptors (Lipinski definition) is 2. The van der Waals surface area contributed by atoms with E-state index < -0.39 is 0 Å². The molecule has 98 valence electrons. The first-order valence-electron chi connectivity index (χ1n) is 6.56. The molecule has 0 aliphatic carbocycles. The summed E-state index contributed by atoms with van der Waals surface area (Å²) in [5.41, 5.74) is 0. The Morgan fingerprint density at radius 3 is 1.82 bits per heavy atom. The van der Waals surface area contributed by atoms with Crippen LogP contribution in [0.1, 0.15) is 40.0 Å². The predicted molar refractivity (Wildman–Crippen MR) is 73.4 cm³/mol. The lowest BCUT2D eigenvalue weighted by Crippen LogP contribution is -2.51. The fourth-order valence-corrected chi connectivity index (χ4v) is 2.60. The van der Waals surface area contributed by atoms with Crippen molar-refractivity contribution in [1.29, 1.82) is 0 Å². The summed E-state index contributed by atoms with van der Waals surface area (Å²) in [5.74, 6) is 1.24. The number of nitrogens with zero attached hydrogens (tertiary/aromatic N) is 2. The maximum Gasteiger partial charge on any atom is 0.227 e. The van der Waals surface area contributed by atoms with Crippen LogP contribution in [0.3, 0.4) is 0 Å². The zero-order valence-corrected chi connectivity index (χ0v) is 11.4. The molecule has 0 saturated heterocycles. The van der Waals surface area contributed by atoms with Crippen LogP contribution in [-0.4, -0.2) is 30.1 Å². The summed E-state index contributed by atoms with van der Waals surface area (Å²) in [6, 6.07) is 6.29. The third kappa shape index (κ3) is 4.10. The van der Waals surface area contributed by atoms with E-state index >= 15 is 0 Å². The molecular weight excluding hydrogens is 212 g/mol. The molecule has 0 aliphatic heterocycles. The molecular formula is C14H26N2O. The molecule has 1 N–H and O–H groups in total. The monoisotopic (exact) mass is 238 g/mol. The Morgan fingerprint density at radius 2 is 1.47 bits per heavy atom. The van der Waals surface area contributed by atoms with Gasteiger partial charge in [-0.1, -0.05) is 26.8 Å². The molecule has 0 bridgehead atoms. The fraction of sp³-hybridized carbons (Fsp3) is 0.643. The third-order valence-electron chi connectivity index (χ3n) is 3.09. The van der Waals surface area contributed by atoms with Crippen LogP contribution in [0.25, 0.3) is 0 Å². The Bertz CT molecular complexity index is 271. The largest absolute Gasteiger partial charge is 0.870 e. The van der Waals surface area contributed by atoms with Crippen LogP contribution in [0.5, 0.6) is 0 Å². The summed E-state index contributed by atoms with van der Waals surface area (Å²) in [6.45, 7) is 10.4. The lowest BCUT2D eigenvalue weighted by Gasteiger charge is -2.36. The van der Waals surface area contributed by atoms with Gasteiger partial charge in [-0.2, -0.15) is 0 Å². The van der Waals surface area contributed by atoms with Gasteiger partial charge in [0.25, 0.3) is 0 Å². The van der Waals surface area contributed by atoms with Crippen molar-refractivity contribution in [2.24, 2.45) is 0 Å². The SMILES string of the molecule is CCC[N+](CCC)(CCC)c1ccccn1.[OH-]. The second kappa shape index (κ2) is 8.20. The minimum atomic E-state index is 0. The molecule has 0 unspecified atom stereocenters. The maximum atomic E-state index is 4.58. The van der Waals surface area contributed by atoms with Crippen molar-refractivity contribution in [1.82, 2.24) is 9.47 Å². The van der Waals surface area contributed by atoms with Gasteiger partial charge in [-0.15, -0.1) is 0 Å². The Kier molecular flexibility index (Phi) is 7.75. The minimum absolute atomic E-state index is 0. The van der Waals surface area contributed by atoms with E-state index in [4.69, 9.17) is 0 Å². The van der Waals surface area contributed by atoms with E-state index in [1.807, 2.05) is 12.3 Å². The van der Waals surface area contributed by atoms with E-state index in [9.17, 15) is 0 Å². The summed E-state index contributed by atoms with van der Waals surface area (Å²) in [7, 11) is 0. The van der Waals surface area contributed by atoms with Gasteiger partial charge in [0.1, 0.15) is 0 Å². The molecule has 0 saturated carbocycles. The van der Waals surface area contributed by atoms with Crippen molar-refractivity contribution in [2.45, 2.75) is 40.0 Å². The zero-order valence-electron chi connectivity index (χ0n) is 11.4. The van der Waals surface area contributed by atoms with Crippen LogP contribution < -0.4 is 4.48 Å². The van der Waals surface area contributed by atoms with E-state index in [1.54, 1.807) is 0 Å². The van der Waals surface area contributed by atoms with Gasteiger partial charge in [-0.05, 0) is 25.3 Å². The van der Waals surface area contributed by atoms with Crippen LogP contribution in [0.4, 0.5) is 5.82 Å². The summed E-state index contributed by atoms with van der Waals surface area (Å²) in [5, 5.41) is 0. The van der Waals surface area contributed by atoms with Crippen molar-refractivity contribution < 1.29 is 5.48 Å². The molecule has 3 heteroatoms. The Hall–Kier alpha value is -0.930. The molecule has 1 aromatic heterocycles. The molecule has 17 heavy (non-hydrogen) atoms. The molecule has 0 aliphatic rings. The lowest BCUT2D eigenvalue weighted by molar-refractivity contribution is 0.266. The smallest absolute Gasteiger partial charge is 0.227 e. The van der Waals surface area contributed by atoms with Crippen molar-refractivity contribution >= 4 is 5.82 Å². The van der Waals surface area contributed by atoms with Crippen molar-refractivity contribution in [3.05, 3.63) is 24.4 Å². The molecule has 1 heterocycles. The highest BCUT2D eigenvalue weighted by atomic mass is 16.0. The van der Waals surface area contributed by atoms with Gasteiger partial charge in [0.15, 0.2) is 0 Å². The third-order valence-corrected chi connectivity index (χ3v) is 3.09. The molecule has 0 amide bonds. The molecule has 0 fully saturated rings. The van der Waals surface area contributed by atoms with Crippen LogP contribution in [-0.2, 0) is 0 Å². The Labute approximate surface area is 105 Å². The van der Waals surface area contributed by atoms with Gasteiger partial charge in [-0.25, -0.2) is 4.98 Å². The summed E-state index contributed by atoms with van der Waals surface area (Å²) in [4.78, 5) is 4.58. The van der Waals surface area contributed by atoms with Crippen LogP contribution in [0.2, 0.25) is 0 Å². The second-order valence-electron chi connectivity index (χ2n) is 4.50. The number of aromatic nitrogens is 1. The van der Waals surface area contributed by atoms with E-state index in [0.29, 0.717) is 0 Å². The minimum Gasteiger partial charge on any atom is -0.870 e. The zero-order chi connectivity index (χ0) is 11.9. The van der Waals surface area contributed by atoms with Gasteiger partial charge in [-0.3, -0.25) is 4.48 Å². The molecule has 0 spiro atoms. The molecule has 0 radical (unpaired) electrons. The first kappa shape index (κ1) is 16.1. The van der Waals surface area contributed by atoms with Gasteiger partial charge < -0.3 is 5.48 Å². The molecule has 3 nitrogen and oxygen atoms in total. The molecule has 1 aromatic rings. The molecule has 0 atom stereocenters. The summed E-state index contributed by atoms with van der Waals surface area (Å²) in [6.07, 6.45) is 5.58. The Balaban J connectivity index is 0.00000256. The summed E-state index contributed by atoms with van der Waals surface area (Å²) >= 11 is 0. The van der Waals surface area contributed by atoms with Crippen LogP contribution >= 0.6 is 0 Å². The molecule has 0 aromatic carbocycles. The van der Waals surface area contributed by atoms with Crippen molar-refractivity contribution in [2.75, 3.05) is 19.6 Å². The van der Waals surface area contributed by atoms with E-state index in [-0.39, 0.29) is 5.48 Å². The van der Waals surface area contributed by atoms with E-state index in [2.05, 4.69) is 37.9 Å². The van der Waals surface area contributed by atoms with Gasteiger partial charge in [0, 0.05) is 12.3 Å². The van der Waals surface area contributed by atoms with Gasteiger partial charge in [0.05, 0.1) is 19.6 Å². The van der Waals surface area contributed by atoms with Crippen molar-refractivity contribution in [3.63, 3.8) is 0 Å². The van der Waals surface area contributed by atoms with Crippen LogP contribution in [0, 0.1) is 0 Å². The average molecular weight is 238 g/mol. The van der Waals surface area contributed by atoms with E-state index in [1.165, 1.54) is 44.7 Å². The average Bonchev–Trinajstić information content (AvgIpc) is 2.31. The first-order chi connectivity index (χ1) is 7.79. The quantitative estimate of drug-likeness (QED) is 0.683. The predicted octanol–water partition coefficient (Wildman–Crippen LogP) is 3.44. The normalized spacial score (nSPS) is 11.0. The van der Waals surface area contributed by atoms with Crippen LogP contribution in [0.15, 0.2) is 24.4 Å². The summed E-state index contributed by atoms with van der Waals surface area (Å²) < 4.78 is 1.06. The second-order valence-corrected chi connectivity index (χ2v) is 4.50. The maximum absolute atomic E-state index is 4.58. The fourth-order valence-electron chi connectivity index (χ4n) is 2.60. The highest BCUT2D eigenvalue weighted by molar-refractivity contribution is 5.33. The van der Waals surface area contributed by atoms with Gasteiger partial charge >= 0.3 is 0 Å². The van der Waals surface area contributed by atoms with Gasteiger partial charge in [0.2, 0.25) is 5.82 Å². The van der Waals surface area contributed by atoms with E-state index in [0.717, 1.165) is 4.48 Å². The molecule has 1 rings (SSSR count). The number of quaternary nitrogens is 1. The number of hydrogen-bond donors (Lipinski definition) is 0. The highest BCUT2D eigenvalue weighted by Gasteiger charge is 2.28. The highest BCUT2D eigenvalue weighted by Crippen LogP contribution is 2.22. The van der Waals surface area contributed by atoms with Crippen molar-refractivity contribution in [3.8, 4) is 0 Å². The standard InChI is InChI=1S/C14H25N2.H2O/c1-4-11-16(12-5-2,13-6-3)14-9-7-8-10-15-14;/h7-10H,4-6,11-13H2,1-3H3;1H2/q+1;/p-1. The first-order valence-corrected chi connectivity index (χ1v) is 6.56.